The van der Waals surface area contributed by atoms with Gasteiger partial charge in [-0.15, -0.1) is 11.3 Å². The number of aromatic nitrogens is 1. The summed E-state index contributed by atoms with van der Waals surface area (Å²) in [7, 11) is 1.70. The van der Waals surface area contributed by atoms with Gasteiger partial charge in [0, 0.05) is 25.1 Å². The summed E-state index contributed by atoms with van der Waals surface area (Å²) in [5.41, 5.74) is 2.96. The summed E-state index contributed by atoms with van der Waals surface area (Å²) < 4.78 is 4.93. The molecule has 0 aliphatic rings. The molecule has 0 fully saturated rings. The van der Waals surface area contributed by atoms with Crippen LogP contribution < -0.4 is 5.32 Å². The third-order valence-corrected chi connectivity index (χ3v) is 2.26. The Labute approximate surface area is 76.8 Å². The van der Waals surface area contributed by atoms with Gasteiger partial charge in [-0.25, -0.2) is 4.98 Å². The maximum absolute atomic E-state index is 4.93. The van der Waals surface area contributed by atoms with Crippen LogP contribution in [0.4, 0.5) is 0 Å². The molecule has 0 aromatic carbocycles. The van der Waals surface area contributed by atoms with E-state index < -0.39 is 0 Å². The van der Waals surface area contributed by atoms with Crippen LogP contribution in [0, 0.1) is 0 Å². The number of ether oxygens (including phenoxy) is 1. The van der Waals surface area contributed by atoms with E-state index in [1.807, 2.05) is 5.51 Å². The van der Waals surface area contributed by atoms with E-state index in [1.54, 1.807) is 18.4 Å². The largest absolute Gasteiger partial charge is 0.383 e. The number of nitrogens with one attached hydrogen (secondary N) is 1. The zero-order chi connectivity index (χ0) is 8.81. The van der Waals surface area contributed by atoms with Crippen LogP contribution in [0.15, 0.2) is 10.9 Å². The number of thiazole rings is 1. The minimum Gasteiger partial charge on any atom is -0.383 e. The second kappa shape index (κ2) is 5.24. The lowest BCUT2D eigenvalue weighted by Gasteiger charge is -2.10. The minimum atomic E-state index is 0.325. The Morgan fingerprint density at radius 1 is 1.75 bits per heavy atom. The fourth-order valence-corrected chi connectivity index (χ4v) is 1.57. The van der Waals surface area contributed by atoms with Gasteiger partial charge in [0.05, 0.1) is 17.8 Å². The summed E-state index contributed by atoms with van der Waals surface area (Å²) in [5, 5.41) is 5.37. The van der Waals surface area contributed by atoms with Crippen LogP contribution in [0.2, 0.25) is 0 Å². The minimum absolute atomic E-state index is 0.325. The van der Waals surface area contributed by atoms with Gasteiger partial charge in [-0.05, 0) is 6.92 Å². The summed E-state index contributed by atoms with van der Waals surface area (Å²) in [6.45, 7) is 3.72. The molecule has 1 N–H and O–H groups in total. The third kappa shape index (κ3) is 2.89. The first-order valence-corrected chi connectivity index (χ1v) is 4.89. The van der Waals surface area contributed by atoms with Crippen LogP contribution in [0.3, 0.4) is 0 Å². The molecule has 0 saturated carbocycles. The van der Waals surface area contributed by atoms with Gasteiger partial charge in [-0.1, -0.05) is 0 Å². The molecular formula is C8H14N2OS. The van der Waals surface area contributed by atoms with Crippen LogP contribution >= 0.6 is 11.3 Å². The van der Waals surface area contributed by atoms with E-state index in [4.69, 9.17) is 4.74 Å². The van der Waals surface area contributed by atoms with Crippen molar-refractivity contribution in [3.05, 3.63) is 16.6 Å². The summed E-state index contributed by atoms with van der Waals surface area (Å²) in [6.07, 6.45) is 0. The highest BCUT2D eigenvalue weighted by Gasteiger charge is 2.04. The number of rotatable bonds is 5. The van der Waals surface area contributed by atoms with Crippen molar-refractivity contribution in [2.24, 2.45) is 0 Å². The van der Waals surface area contributed by atoms with Gasteiger partial charge in [0.1, 0.15) is 0 Å². The second-order valence-electron chi connectivity index (χ2n) is 2.58. The van der Waals surface area contributed by atoms with E-state index in [0.717, 1.165) is 18.8 Å². The standard InChI is InChI=1S/C8H14N2OS/c1-7(9-3-4-11-2)8-5-12-6-10-8/h5-7,9H,3-4H2,1-2H3. The predicted molar refractivity (Wildman–Crippen MR) is 50.4 cm³/mol. The van der Waals surface area contributed by atoms with Gasteiger partial charge < -0.3 is 10.1 Å². The lowest BCUT2D eigenvalue weighted by Crippen LogP contribution is -2.22. The fraction of sp³-hybridized carbons (Fsp3) is 0.625. The predicted octanol–water partition coefficient (Wildman–Crippen LogP) is 1.44. The smallest absolute Gasteiger partial charge is 0.0795 e. The molecule has 1 aromatic heterocycles. The van der Waals surface area contributed by atoms with Crippen LogP contribution in [0.1, 0.15) is 18.7 Å². The number of methoxy groups -OCH3 is 1. The highest BCUT2D eigenvalue weighted by molar-refractivity contribution is 7.07. The van der Waals surface area contributed by atoms with Gasteiger partial charge in [0.25, 0.3) is 0 Å². The van der Waals surface area contributed by atoms with Crippen molar-refractivity contribution in [3.63, 3.8) is 0 Å². The van der Waals surface area contributed by atoms with Gasteiger partial charge in [0.2, 0.25) is 0 Å². The van der Waals surface area contributed by atoms with Crippen molar-refractivity contribution in [2.75, 3.05) is 20.3 Å². The second-order valence-corrected chi connectivity index (χ2v) is 3.30. The highest BCUT2D eigenvalue weighted by Crippen LogP contribution is 2.10. The summed E-state index contributed by atoms with van der Waals surface area (Å²) >= 11 is 1.62. The molecule has 0 radical (unpaired) electrons. The number of nitrogens with zero attached hydrogens (tertiary/aromatic N) is 1. The van der Waals surface area contributed by atoms with Crippen molar-refractivity contribution in [3.8, 4) is 0 Å². The summed E-state index contributed by atoms with van der Waals surface area (Å²) in [5.74, 6) is 0. The van der Waals surface area contributed by atoms with E-state index in [9.17, 15) is 0 Å². The maximum atomic E-state index is 4.93. The number of hydrogen-bond acceptors (Lipinski definition) is 4. The van der Waals surface area contributed by atoms with Gasteiger partial charge in [0.15, 0.2) is 0 Å². The van der Waals surface area contributed by atoms with E-state index in [-0.39, 0.29) is 0 Å². The first-order valence-electron chi connectivity index (χ1n) is 3.95. The molecule has 4 heteroatoms. The zero-order valence-corrected chi connectivity index (χ0v) is 8.23. The Balaban J connectivity index is 2.25. The zero-order valence-electron chi connectivity index (χ0n) is 7.41. The molecule has 0 bridgehead atoms. The fourth-order valence-electron chi connectivity index (χ4n) is 0.918. The van der Waals surface area contributed by atoms with Crippen molar-refractivity contribution < 1.29 is 4.74 Å². The van der Waals surface area contributed by atoms with Crippen molar-refractivity contribution in [1.29, 1.82) is 0 Å². The van der Waals surface area contributed by atoms with Crippen molar-refractivity contribution in [2.45, 2.75) is 13.0 Å². The van der Waals surface area contributed by atoms with Gasteiger partial charge >= 0.3 is 0 Å². The van der Waals surface area contributed by atoms with Crippen LogP contribution in [0.5, 0.6) is 0 Å². The Morgan fingerprint density at radius 2 is 2.58 bits per heavy atom. The molecule has 1 atom stereocenters. The molecule has 1 aromatic rings. The quantitative estimate of drug-likeness (QED) is 0.707. The lowest BCUT2D eigenvalue weighted by atomic mass is 10.3. The van der Waals surface area contributed by atoms with Crippen LogP contribution in [0.25, 0.3) is 0 Å². The third-order valence-electron chi connectivity index (χ3n) is 1.65. The molecule has 1 rings (SSSR count). The van der Waals surface area contributed by atoms with E-state index >= 15 is 0 Å². The molecule has 68 valence electrons. The average molecular weight is 186 g/mol. The molecule has 1 heterocycles. The normalized spacial score (nSPS) is 13.2. The topological polar surface area (TPSA) is 34.1 Å². The molecule has 0 spiro atoms. The van der Waals surface area contributed by atoms with Crippen molar-refractivity contribution >= 4 is 11.3 Å². The average Bonchev–Trinajstić information content (AvgIpc) is 2.56. The molecule has 3 nitrogen and oxygen atoms in total. The molecule has 0 aliphatic heterocycles. The van der Waals surface area contributed by atoms with Crippen molar-refractivity contribution in [1.82, 2.24) is 10.3 Å². The van der Waals surface area contributed by atoms with Crippen LogP contribution in [-0.4, -0.2) is 25.2 Å². The highest BCUT2D eigenvalue weighted by atomic mass is 32.1. The number of hydrogen-bond donors (Lipinski definition) is 1. The summed E-state index contributed by atoms with van der Waals surface area (Å²) in [4.78, 5) is 4.21. The van der Waals surface area contributed by atoms with E-state index in [0.29, 0.717) is 6.04 Å². The van der Waals surface area contributed by atoms with Gasteiger partial charge in [-0.3, -0.25) is 0 Å². The Kier molecular flexibility index (Phi) is 4.21. The first-order chi connectivity index (χ1) is 5.84. The van der Waals surface area contributed by atoms with Gasteiger partial charge in [-0.2, -0.15) is 0 Å². The summed E-state index contributed by atoms with van der Waals surface area (Å²) in [6, 6.07) is 0.325. The monoisotopic (exact) mass is 186 g/mol. The molecule has 1 unspecified atom stereocenters. The Bertz CT molecular complexity index is 201. The lowest BCUT2D eigenvalue weighted by molar-refractivity contribution is 0.196. The SMILES string of the molecule is COCCNC(C)c1cscn1. The Morgan fingerprint density at radius 3 is 3.17 bits per heavy atom. The molecule has 12 heavy (non-hydrogen) atoms. The Hall–Kier alpha value is -0.450. The molecule has 0 saturated heterocycles. The van der Waals surface area contributed by atoms with E-state index in [2.05, 4.69) is 22.6 Å². The van der Waals surface area contributed by atoms with Crippen LogP contribution in [-0.2, 0) is 4.74 Å². The molecule has 0 aliphatic carbocycles. The first kappa shape index (κ1) is 9.64. The van der Waals surface area contributed by atoms with E-state index in [1.165, 1.54) is 0 Å². The maximum Gasteiger partial charge on any atom is 0.0795 e. The molecule has 0 amide bonds. The molecular weight excluding hydrogens is 172 g/mol.